The first-order chi connectivity index (χ1) is 13.7. The minimum absolute atomic E-state index is 0.190. The van der Waals surface area contributed by atoms with Crippen LogP contribution in [0.2, 0.25) is 0 Å². The minimum Gasteiger partial charge on any atom is -0.493 e. The van der Waals surface area contributed by atoms with Crippen LogP contribution in [0, 0.1) is 0 Å². The van der Waals surface area contributed by atoms with E-state index >= 15 is 0 Å². The number of benzene rings is 1. The van der Waals surface area contributed by atoms with Crippen molar-refractivity contribution in [3.05, 3.63) is 29.5 Å². The van der Waals surface area contributed by atoms with Gasteiger partial charge in [0.1, 0.15) is 0 Å². The lowest BCUT2D eigenvalue weighted by atomic mass is 10.1. The molecule has 0 spiro atoms. The van der Waals surface area contributed by atoms with Gasteiger partial charge in [-0.25, -0.2) is 9.59 Å². The van der Waals surface area contributed by atoms with Crippen LogP contribution in [0.25, 0.3) is 0 Å². The molecule has 1 N–H and O–H groups in total. The number of carbonyl (C=O) groups is 3. The summed E-state index contributed by atoms with van der Waals surface area (Å²) < 4.78 is 20.8. The van der Waals surface area contributed by atoms with E-state index in [0.29, 0.717) is 35.8 Å². The number of esters is 2. The summed E-state index contributed by atoms with van der Waals surface area (Å²) in [5.74, 6) is -2.53. The molecular weight excluding hydrogens is 380 g/mol. The predicted molar refractivity (Wildman–Crippen MR) is 105 cm³/mol. The van der Waals surface area contributed by atoms with Crippen LogP contribution in [0.15, 0.2) is 23.9 Å². The van der Waals surface area contributed by atoms with Crippen LogP contribution in [0.4, 0.5) is 5.69 Å². The van der Waals surface area contributed by atoms with Crippen molar-refractivity contribution < 1.29 is 33.3 Å². The Labute approximate surface area is 169 Å². The zero-order valence-electron chi connectivity index (χ0n) is 17.5. The molecule has 9 nitrogen and oxygen atoms in total. The highest BCUT2D eigenvalue weighted by atomic mass is 16.7. The first-order valence-electron chi connectivity index (χ1n) is 9.16. The Morgan fingerprint density at radius 3 is 2.17 bits per heavy atom. The molecule has 158 valence electrons. The van der Waals surface area contributed by atoms with Crippen molar-refractivity contribution in [3.63, 3.8) is 0 Å². The Bertz CT molecular complexity index is 819. The van der Waals surface area contributed by atoms with Crippen LogP contribution in [0.1, 0.15) is 38.1 Å². The Morgan fingerprint density at radius 1 is 1.10 bits per heavy atom. The first-order valence-corrected chi connectivity index (χ1v) is 9.16. The van der Waals surface area contributed by atoms with E-state index in [4.69, 9.17) is 18.9 Å². The van der Waals surface area contributed by atoms with E-state index in [1.54, 1.807) is 17.0 Å². The molecule has 0 aliphatic carbocycles. The van der Waals surface area contributed by atoms with E-state index < -0.39 is 17.7 Å². The molecule has 0 unspecified atom stereocenters. The third-order valence-corrected chi connectivity index (χ3v) is 4.27. The summed E-state index contributed by atoms with van der Waals surface area (Å²) in [6.07, 6.45) is 1.16. The Kier molecular flexibility index (Phi) is 6.73. The smallest absolute Gasteiger partial charge is 0.350 e. The van der Waals surface area contributed by atoms with Gasteiger partial charge < -0.3 is 29.2 Å². The van der Waals surface area contributed by atoms with Crippen LogP contribution in [-0.4, -0.2) is 55.8 Å². The molecule has 0 aromatic heterocycles. The number of carbonyl (C=O) groups excluding carboxylic acids is 3. The number of nitrogens with one attached hydrogen (secondary N) is 1. The number of hydrogen-bond acceptors (Lipinski definition) is 8. The molecule has 1 aliphatic rings. The van der Waals surface area contributed by atoms with Crippen molar-refractivity contribution in [2.75, 3.05) is 32.6 Å². The fraction of sp³-hybridized carbons (Fsp3) is 0.450. The summed E-state index contributed by atoms with van der Waals surface area (Å²) in [4.78, 5) is 38.6. The van der Waals surface area contributed by atoms with E-state index in [9.17, 15) is 14.4 Å². The predicted octanol–water partition coefficient (Wildman–Crippen LogP) is 2.32. The number of nitrogens with zero attached hydrogens (tertiary/aromatic N) is 1. The van der Waals surface area contributed by atoms with Crippen LogP contribution < -0.4 is 14.8 Å². The van der Waals surface area contributed by atoms with E-state index in [0.717, 1.165) is 6.20 Å². The van der Waals surface area contributed by atoms with Gasteiger partial charge in [0.2, 0.25) is 0 Å². The molecule has 1 heterocycles. The number of cyclic esters (lactones) is 2. The maximum absolute atomic E-state index is 12.7. The molecule has 1 fully saturated rings. The van der Waals surface area contributed by atoms with Crippen molar-refractivity contribution in [1.29, 1.82) is 0 Å². The maximum atomic E-state index is 12.7. The molecule has 0 saturated carbocycles. The number of anilines is 1. The lowest BCUT2D eigenvalue weighted by molar-refractivity contribution is -0.222. The quantitative estimate of drug-likeness (QED) is 0.418. The number of rotatable bonds is 7. The van der Waals surface area contributed by atoms with Gasteiger partial charge in [-0.05, 0) is 26.0 Å². The standard InChI is InChI=1S/C20H26N2O7/c1-7-22(8-2)17(23)12-9-14(16(27-6)15(10-12)26-5)21-11-13-18(24)28-20(3,4)29-19(13)25/h9-11,21H,7-8H2,1-6H3. The number of methoxy groups -OCH3 is 2. The second kappa shape index (κ2) is 8.85. The molecule has 0 bridgehead atoms. The highest BCUT2D eigenvalue weighted by Gasteiger charge is 2.39. The van der Waals surface area contributed by atoms with Gasteiger partial charge in [-0.15, -0.1) is 0 Å². The molecule has 1 aromatic carbocycles. The highest BCUT2D eigenvalue weighted by Crippen LogP contribution is 2.37. The molecule has 1 amide bonds. The average molecular weight is 406 g/mol. The third-order valence-electron chi connectivity index (χ3n) is 4.27. The Morgan fingerprint density at radius 2 is 1.69 bits per heavy atom. The highest BCUT2D eigenvalue weighted by molar-refractivity contribution is 6.15. The van der Waals surface area contributed by atoms with Crippen LogP contribution >= 0.6 is 0 Å². The molecule has 0 atom stereocenters. The van der Waals surface area contributed by atoms with Gasteiger partial charge in [0.15, 0.2) is 17.1 Å². The van der Waals surface area contributed by atoms with Crippen LogP contribution in [0.5, 0.6) is 11.5 Å². The van der Waals surface area contributed by atoms with Gasteiger partial charge in [-0.2, -0.15) is 0 Å². The second-order valence-corrected chi connectivity index (χ2v) is 6.62. The zero-order chi connectivity index (χ0) is 21.8. The second-order valence-electron chi connectivity index (χ2n) is 6.62. The average Bonchev–Trinajstić information content (AvgIpc) is 2.66. The maximum Gasteiger partial charge on any atom is 0.350 e. The summed E-state index contributed by atoms with van der Waals surface area (Å²) in [5, 5.41) is 2.83. The third kappa shape index (κ3) is 4.79. The van der Waals surface area contributed by atoms with Gasteiger partial charge in [-0.1, -0.05) is 0 Å². The summed E-state index contributed by atoms with van der Waals surface area (Å²) in [5.41, 5.74) is 0.383. The molecule has 1 aliphatic heterocycles. The van der Waals surface area contributed by atoms with Gasteiger partial charge in [0.25, 0.3) is 11.7 Å². The van der Waals surface area contributed by atoms with Crippen LogP contribution in [0.3, 0.4) is 0 Å². The lowest BCUT2D eigenvalue weighted by Crippen LogP contribution is -2.42. The lowest BCUT2D eigenvalue weighted by Gasteiger charge is -2.29. The summed E-state index contributed by atoms with van der Waals surface area (Å²) in [6.45, 7) is 7.78. The molecule has 1 aromatic rings. The van der Waals surface area contributed by atoms with Gasteiger partial charge in [0, 0.05) is 38.7 Å². The number of amides is 1. The first kappa shape index (κ1) is 22.1. The monoisotopic (exact) mass is 406 g/mol. The van der Waals surface area contributed by atoms with Crippen molar-refractivity contribution in [2.24, 2.45) is 0 Å². The van der Waals surface area contributed by atoms with Gasteiger partial charge in [0.05, 0.1) is 19.9 Å². The fourth-order valence-corrected chi connectivity index (χ4v) is 2.82. The Hall–Kier alpha value is -3.23. The molecule has 1 saturated heterocycles. The Balaban J connectivity index is 2.43. The minimum atomic E-state index is -1.33. The summed E-state index contributed by atoms with van der Waals surface area (Å²) in [7, 11) is 2.89. The molecule has 2 rings (SSSR count). The topological polar surface area (TPSA) is 103 Å². The van der Waals surface area contributed by atoms with E-state index in [2.05, 4.69) is 5.32 Å². The number of ether oxygens (including phenoxy) is 4. The van der Waals surface area contributed by atoms with E-state index in [1.807, 2.05) is 13.8 Å². The van der Waals surface area contributed by atoms with E-state index in [1.165, 1.54) is 28.1 Å². The van der Waals surface area contributed by atoms with Crippen molar-refractivity contribution >= 4 is 23.5 Å². The van der Waals surface area contributed by atoms with E-state index in [-0.39, 0.29) is 11.5 Å². The summed E-state index contributed by atoms with van der Waals surface area (Å²) >= 11 is 0. The van der Waals surface area contributed by atoms with Crippen molar-refractivity contribution in [1.82, 2.24) is 4.90 Å². The SMILES string of the molecule is CCN(CC)C(=O)c1cc(NC=C2C(=O)OC(C)(C)OC2=O)c(OC)c(OC)c1. The molecule has 0 radical (unpaired) electrons. The fourth-order valence-electron chi connectivity index (χ4n) is 2.82. The van der Waals surface area contributed by atoms with Gasteiger partial charge in [-0.3, -0.25) is 4.79 Å². The van der Waals surface area contributed by atoms with Gasteiger partial charge >= 0.3 is 11.9 Å². The summed E-state index contributed by atoms with van der Waals surface area (Å²) in [6, 6.07) is 3.13. The molecule has 29 heavy (non-hydrogen) atoms. The van der Waals surface area contributed by atoms with Crippen molar-refractivity contribution in [3.8, 4) is 11.5 Å². The molecule has 9 heteroatoms. The van der Waals surface area contributed by atoms with Crippen LogP contribution in [-0.2, 0) is 19.1 Å². The number of hydrogen-bond donors (Lipinski definition) is 1. The largest absolute Gasteiger partial charge is 0.493 e. The zero-order valence-corrected chi connectivity index (χ0v) is 17.5. The normalized spacial score (nSPS) is 15.2. The molecular formula is C20H26N2O7. The van der Waals surface area contributed by atoms with Crippen molar-refractivity contribution in [2.45, 2.75) is 33.5 Å².